The Morgan fingerprint density at radius 2 is 2.09 bits per heavy atom. The monoisotopic (exact) mass is 319 g/mol. The molecular weight excluding hydrogens is 294 g/mol. The predicted octanol–water partition coefficient (Wildman–Crippen LogP) is 2.88. The number of unbranched alkanes of at least 4 members (excludes halogenated alkanes) is 1. The number of hydrogen-bond acceptors (Lipinski definition) is 6. The van der Waals surface area contributed by atoms with E-state index in [4.69, 9.17) is 9.47 Å². The van der Waals surface area contributed by atoms with Gasteiger partial charge >= 0.3 is 0 Å². The topological polar surface area (TPSA) is 74.1 Å². The summed E-state index contributed by atoms with van der Waals surface area (Å²) in [6, 6.07) is 5.90. The van der Waals surface area contributed by atoms with Crippen molar-refractivity contribution in [2.75, 3.05) is 12.4 Å². The zero-order valence-corrected chi connectivity index (χ0v) is 14.2. The summed E-state index contributed by atoms with van der Waals surface area (Å²) in [5.41, 5.74) is 1.07. The first-order chi connectivity index (χ1) is 11.1. The number of ether oxygens (including phenoxy) is 2. The van der Waals surface area contributed by atoms with E-state index in [1.54, 1.807) is 11.8 Å². The Labute approximate surface area is 137 Å². The predicted molar refractivity (Wildman–Crippen MR) is 88.8 cm³/mol. The first kappa shape index (κ1) is 17.1. The average molecular weight is 319 g/mol. The molecule has 2 aromatic rings. The Morgan fingerprint density at radius 3 is 2.78 bits per heavy atom. The molecule has 1 aromatic carbocycles. The van der Waals surface area contributed by atoms with Gasteiger partial charge in [0.15, 0.2) is 11.5 Å². The van der Waals surface area contributed by atoms with Gasteiger partial charge < -0.3 is 14.8 Å². The van der Waals surface area contributed by atoms with Crippen molar-refractivity contribution in [1.29, 1.82) is 0 Å². The van der Waals surface area contributed by atoms with E-state index >= 15 is 0 Å². The summed E-state index contributed by atoms with van der Waals surface area (Å²) < 4.78 is 12.9. The highest BCUT2D eigenvalue weighted by atomic mass is 16.5. The average Bonchev–Trinajstić information content (AvgIpc) is 2.98. The number of hydrogen-bond donors (Lipinski definition) is 1. The lowest BCUT2D eigenvalue weighted by Crippen LogP contribution is -2.10. The van der Waals surface area contributed by atoms with Gasteiger partial charge in [-0.2, -0.15) is 0 Å². The highest BCUT2D eigenvalue weighted by Crippen LogP contribution is 2.29. The Bertz CT molecular complexity index is 612. The SMILES string of the molecule is CCCCn1nnnc1NCc1ccc(OC(C)C)c(OC)c1. The molecule has 126 valence electrons. The molecule has 1 heterocycles. The van der Waals surface area contributed by atoms with Crippen molar-refractivity contribution in [3.63, 3.8) is 0 Å². The fourth-order valence-electron chi connectivity index (χ4n) is 2.14. The Morgan fingerprint density at radius 1 is 1.26 bits per heavy atom. The molecule has 0 bridgehead atoms. The number of rotatable bonds is 9. The van der Waals surface area contributed by atoms with Crippen LogP contribution in [-0.4, -0.2) is 33.4 Å². The van der Waals surface area contributed by atoms with Gasteiger partial charge in [0, 0.05) is 13.1 Å². The van der Waals surface area contributed by atoms with Crippen LogP contribution in [-0.2, 0) is 13.1 Å². The second-order valence-electron chi connectivity index (χ2n) is 5.58. The molecule has 0 atom stereocenters. The molecule has 0 aliphatic rings. The van der Waals surface area contributed by atoms with Gasteiger partial charge in [-0.3, -0.25) is 0 Å². The van der Waals surface area contributed by atoms with Gasteiger partial charge in [0.2, 0.25) is 5.95 Å². The largest absolute Gasteiger partial charge is 0.493 e. The van der Waals surface area contributed by atoms with Gasteiger partial charge in [-0.25, -0.2) is 4.68 Å². The number of anilines is 1. The number of methoxy groups -OCH3 is 1. The van der Waals surface area contributed by atoms with Gasteiger partial charge in [-0.1, -0.05) is 24.5 Å². The van der Waals surface area contributed by atoms with Crippen molar-refractivity contribution < 1.29 is 9.47 Å². The molecule has 2 rings (SSSR count). The summed E-state index contributed by atoms with van der Waals surface area (Å²) in [4.78, 5) is 0. The molecule has 0 aliphatic carbocycles. The number of benzene rings is 1. The van der Waals surface area contributed by atoms with Crippen LogP contribution in [0.5, 0.6) is 11.5 Å². The van der Waals surface area contributed by atoms with Crippen LogP contribution in [0.25, 0.3) is 0 Å². The number of nitrogens with zero attached hydrogens (tertiary/aromatic N) is 4. The van der Waals surface area contributed by atoms with Crippen molar-refractivity contribution >= 4 is 5.95 Å². The normalized spacial score (nSPS) is 10.8. The van der Waals surface area contributed by atoms with E-state index in [2.05, 4.69) is 27.8 Å². The van der Waals surface area contributed by atoms with Crippen LogP contribution in [0, 0.1) is 0 Å². The zero-order chi connectivity index (χ0) is 16.7. The minimum Gasteiger partial charge on any atom is -0.493 e. The maximum absolute atomic E-state index is 5.72. The highest BCUT2D eigenvalue weighted by molar-refractivity contribution is 5.44. The third-order valence-electron chi connectivity index (χ3n) is 3.30. The lowest BCUT2D eigenvalue weighted by atomic mass is 10.2. The van der Waals surface area contributed by atoms with Crippen LogP contribution in [0.15, 0.2) is 18.2 Å². The number of nitrogens with one attached hydrogen (secondary N) is 1. The van der Waals surface area contributed by atoms with Crippen LogP contribution < -0.4 is 14.8 Å². The van der Waals surface area contributed by atoms with Crippen molar-refractivity contribution in [2.24, 2.45) is 0 Å². The van der Waals surface area contributed by atoms with E-state index < -0.39 is 0 Å². The van der Waals surface area contributed by atoms with Crippen LogP contribution in [0.4, 0.5) is 5.95 Å². The third kappa shape index (κ3) is 4.84. The molecule has 1 N–H and O–H groups in total. The highest BCUT2D eigenvalue weighted by Gasteiger charge is 2.09. The number of aromatic nitrogens is 4. The molecular formula is C16H25N5O2. The fraction of sp³-hybridized carbons (Fsp3) is 0.562. The van der Waals surface area contributed by atoms with Crippen molar-refractivity contribution in [3.8, 4) is 11.5 Å². The quantitative estimate of drug-likeness (QED) is 0.766. The summed E-state index contributed by atoms with van der Waals surface area (Å²) in [5, 5.41) is 15.0. The first-order valence-electron chi connectivity index (χ1n) is 7.97. The van der Waals surface area contributed by atoms with E-state index in [0.29, 0.717) is 12.5 Å². The molecule has 0 unspecified atom stereocenters. The molecule has 1 aromatic heterocycles. The molecule has 23 heavy (non-hydrogen) atoms. The molecule has 0 spiro atoms. The van der Waals surface area contributed by atoms with Crippen molar-refractivity contribution in [2.45, 2.75) is 52.8 Å². The Hall–Kier alpha value is -2.31. The van der Waals surface area contributed by atoms with Crippen molar-refractivity contribution in [3.05, 3.63) is 23.8 Å². The Kier molecular flexibility index (Phi) is 6.19. The van der Waals surface area contributed by atoms with E-state index in [9.17, 15) is 0 Å². The minimum atomic E-state index is 0.107. The molecule has 0 saturated carbocycles. The molecule has 7 heteroatoms. The van der Waals surface area contributed by atoms with Gasteiger partial charge in [0.1, 0.15) is 0 Å². The summed E-state index contributed by atoms with van der Waals surface area (Å²) >= 11 is 0. The maximum atomic E-state index is 5.72. The van der Waals surface area contributed by atoms with Gasteiger partial charge in [0.25, 0.3) is 0 Å². The molecule has 0 aliphatic heterocycles. The van der Waals surface area contributed by atoms with Gasteiger partial charge in [-0.15, -0.1) is 0 Å². The zero-order valence-electron chi connectivity index (χ0n) is 14.2. The second kappa shape index (κ2) is 8.36. The molecule has 0 saturated heterocycles. The summed E-state index contributed by atoms with van der Waals surface area (Å²) in [7, 11) is 1.64. The molecule has 0 fully saturated rings. The molecule has 7 nitrogen and oxygen atoms in total. The van der Waals surface area contributed by atoms with E-state index in [-0.39, 0.29) is 6.10 Å². The summed E-state index contributed by atoms with van der Waals surface area (Å²) in [6.45, 7) is 7.56. The van der Waals surface area contributed by atoms with E-state index in [0.717, 1.165) is 36.4 Å². The van der Waals surface area contributed by atoms with E-state index in [1.807, 2.05) is 32.0 Å². The van der Waals surface area contributed by atoms with Crippen LogP contribution in [0.3, 0.4) is 0 Å². The summed E-state index contributed by atoms with van der Waals surface area (Å²) in [5.74, 6) is 2.16. The van der Waals surface area contributed by atoms with Crippen LogP contribution >= 0.6 is 0 Å². The van der Waals surface area contributed by atoms with Crippen molar-refractivity contribution in [1.82, 2.24) is 20.2 Å². The van der Waals surface area contributed by atoms with Crippen LogP contribution in [0.2, 0.25) is 0 Å². The fourth-order valence-corrected chi connectivity index (χ4v) is 2.14. The minimum absolute atomic E-state index is 0.107. The number of aryl methyl sites for hydroxylation is 1. The lowest BCUT2D eigenvalue weighted by molar-refractivity contribution is 0.230. The first-order valence-corrected chi connectivity index (χ1v) is 7.97. The van der Waals surface area contributed by atoms with Gasteiger partial charge in [0.05, 0.1) is 13.2 Å². The third-order valence-corrected chi connectivity index (χ3v) is 3.30. The lowest BCUT2D eigenvalue weighted by Gasteiger charge is -2.14. The maximum Gasteiger partial charge on any atom is 0.243 e. The second-order valence-corrected chi connectivity index (χ2v) is 5.58. The molecule has 0 radical (unpaired) electrons. The van der Waals surface area contributed by atoms with Crippen LogP contribution in [0.1, 0.15) is 39.2 Å². The van der Waals surface area contributed by atoms with Gasteiger partial charge in [-0.05, 0) is 48.4 Å². The standard InChI is InChI=1S/C16H25N5O2/c1-5-6-9-21-16(18-19-20-21)17-11-13-7-8-14(23-12(2)3)15(10-13)22-4/h7-8,10,12H,5-6,9,11H2,1-4H3,(H,17,18,20). The smallest absolute Gasteiger partial charge is 0.243 e. The molecule has 0 amide bonds. The van der Waals surface area contributed by atoms with E-state index in [1.165, 1.54) is 0 Å². The Balaban J connectivity index is 2.02. The summed E-state index contributed by atoms with van der Waals surface area (Å²) in [6.07, 6.45) is 2.26. The number of tetrazole rings is 1.